The minimum atomic E-state index is 0.280. The highest BCUT2D eigenvalue weighted by Gasteiger charge is 2.06. The first-order valence-corrected chi connectivity index (χ1v) is 6.66. The van der Waals surface area contributed by atoms with Gasteiger partial charge in [-0.15, -0.1) is 4.91 Å². The van der Waals surface area contributed by atoms with Crippen molar-refractivity contribution in [3.05, 3.63) is 17.1 Å². The Bertz CT molecular complexity index is 204. The minimum Gasteiger partial charge on any atom is -0.271 e. The average Bonchev–Trinajstić information content (AvgIpc) is 2.31. The fraction of sp³-hybridized carbons (Fsp3) is 0.846. The SMILES string of the molecule is O=NNC1CC/C=C\CCCCCCCC1. The Balaban J connectivity index is 2.30. The molecule has 1 N–H and O–H groups in total. The molecule has 1 aliphatic carbocycles. The lowest BCUT2D eigenvalue weighted by Gasteiger charge is -2.13. The van der Waals surface area contributed by atoms with Gasteiger partial charge in [-0.2, -0.15) is 0 Å². The van der Waals surface area contributed by atoms with Gasteiger partial charge in [-0.05, 0) is 32.1 Å². The van der Waals surface area contributed by atoms with Gasteiger partial charge in [0, 0.05) is 11.3 Å². The van der Waals surface area contributed by atoms with E-state index in [1.807, 2.05) is 0 Å². The van der Waals surface area contributed by atoms with Crippen LogP contribution in [0.25, 0.3) is 0 Å². The maximum Gasteiger partial charge on any atom is 0.0499 e. The lowest BCUT2D eigenvalue weighted by molar-refractivity contribution is 0.441. The monoisotopic (exact) mass is 224 g/mol. The summed E-state index contributed by atoms with van der Waals surface area (Å²) in [6, 6.07) is 0.280. The zero-order valence-corrected chi connectivity index (χ0v) is 10.2. The highest BCUT2D eigenvalue weighted by atomic mass is 16.3. The van der Waals surface area contributed by atoms with Gasteiger partial charge in [-0.25, -0.2) is 0 Å². The number of nitrogens with zero attached hydrogens (tertiary/aromatic N) is 1. The first-order valence-electron chi connectivity index (χ1n) is 6.66. The van der Waals surface area contributed by atoms with Crippen molar-refractivity contribution in [1.82, 2.24) is 5.43 Å². The van der Waals surface area contributed by atoms with Crippen molar-refractivity contribution in [2.75, 3.05) is 0 Å². The van der Waals surface area contributed by atoms with Crippen molar-refractivity contribution < 1.29 is 0 Å². The smallest absolute Gasteiger partial charge is 0.0499 e. The number of nitrogens with one attached hydrogen (secondary N) is 1. The Morgan fingerprint density at radius 3 is 2.38 bits per heavy atom. The third-order valence-corrected chi connectivity index (χ3v) is 3.26. The van der Waals surface area contributed by atoms with Crippen molar-refractivity contribution >= 4 is 0 Å². The second kappa shape index (κ2) is 9.37. The molecule has 1 aliphatic rings. The van der Waals surface area contributed by atoms with Gasteiger partial charge >= 0.3 is 0 Å². The molecule has 0 spiro atoms. The van der Waals surface area contributed by atoms with E-state index in [0.29, 0.717) is 0 Å². The Morgan fingerprint density at radius 2 is 1.56 bits per heavy atom. The van der Waals surface area contributed by atoms with Crippen LogP contribution in [0.4, 0.5) is 0 Å². The first kappa shape index (κ1) is 13.2. The molecular formula is C13H24N2O. The molecule has 92 valence electrons. The number of hydrogen-bond acceptors (Lipinski definition) is 2. The lowest BCUT2D eigenvalue weighted by Crippen LogP contribution is -2.23. The van der Waals surface area contributed by atoms with Crippen LogP contribution in [-0.2, 0) is 0 Å². The van der Waals surface area contributed by atoms with Gasteiger partial charge in [0.05, 0.1) is 0 Å². The normalized spacial score (nSPS) is 26.9. The summed E-state index contributed by atoms with van der Waals surface area (Å²) in [5.41, 5.74) is 2.69. The summed E-state index contributed by atoms with van der Waals surface area (Å²) in [7, 11) is 0. The zero-order valence-electron chi connectivity index (χ0n) is 10.2. The van der Waals surface area contributed by atoms with Crippen LogP contribution in [0, 0.1) is 4.91 Å². The minimum absolute atomic E-state index is 0.280. The Morgan fingerprint density at radius 1 is 0.875 bits per heavy atom. The van der Waals surface area contributed by atoms with Crippen LogP contribution < -0.4 is 5.43 Å². The Hall–Kier alpha value is -0.860. The van der Waals surface area contributed by atoms with E-state index in [-0.39, 0.29) is 6.04 Å². The van der Waals surface area contributed by atoms with Crippen LogP contribution in [0.15, 0.2) is 17.4 Å². The van der Waals surface area contributed by atoms with E-state index in [0.717, 1.165) is 19.3 Å². The summed E-state index contributed by atoms with van der Waals surface area (Å²) >= 11 is 0. The van der Waals surface area contributed by atoms with Gasteiger partial charge in [0.15, 0.2) is 0 Å². The summed E-state index contributed by atoms with van der Waals surface area (Å²) in [6.45, 7) is 0. The van der Waals surface area contributed by atoms with Crippen molar-refractivity contribution in [2.24, 2.45) is 5.29 Å². The number of rotatable bonds is 2. The quantitative estimate of drug-likeness (QED) is 0.436. The number of nitroso groups, excluding NO2 is 1. The summed E-state index contributed by atoms with van der Waals surface area (Å²) in [5, 5.41) is 2.82. The summed E-state index contributed by atoms with van der Waals surface area (Å²) in [5.74, 6) is 0. The third kappa shape index (κ3) is 6.59. The summed E-state index contributed by atoms with van der Waals surface area (Å²) < 4.78 is 0. The Labute approximate surface area is 98.6 Å². The predicted molar refractivity (Wildman–Crippen MR) is 68.0 cm³/mol. The van der Waals surface area contributed by atoms with E-state index in [2.05, 4.69) is 22.9 Å². The molecule has 1 rings (SSSR count). The van der Waals surface area contributed by atoms with Crippen LogP contribution in [0.1, 0.15) is 64.2 Å². The van der Waals surface area contributed by atoms with Crippen molar-refractivity contribution in [3.63, 3.8) is 0 Å². The van der Waals surface area contributed by atoms with Crippen LogP contribution in [0.5, 0.6) is 0 Å². The fourth-order valence-corrected chi connectivity index (χ4v) is 2.24. The molecule has 1 unspecified atom stereocenters. The highest BCUT2D eigenvalue weighted by Crippen LogP contribution is 2.14. The Kier molecular flexibility index (Phi) is 7.74. The van der Waals surface area contributed by atoms with Gasteiger partial charge in [0.2, 0.25) is 0 Å². The number of allylic oxidation sites excluding steroid dienone is 2. The van der Waals surface area contributed by atoms with Crippen molar-refractivity contribution in [1.29, 1.82) is 0 Å². The summed E-state index contributed by atoms with van der Waals surface area (Å²) in [6.07, 6.45) is 16.8. The van der Waals surface area contributed by atoms with E-state index in [4.69, 9.17) is 0 Å². The van der Waals surface area contributed by atoms with Crippen molar-refractivity contribution in [3.8, 4) is 0 Å². The standard InChI is InChI=1S/C13H24N2O/c16-15-14-13-11-9-7-5-3-1-2-4-6-8-10-12-13/h5,7,13H,1-4,6,8-12H2,(H,14,16)/b7-5-. The van der Waals surface area contributed by atoms with Crippen LogP contribution in [-0.4, -0.2) is 6.04 Å². The van der Waals surface area contributed by atoms with Gasteiger partial charge < -0.3 is 0 Å². The molecule has 0 aromatic rings. The molecule has 0 radical (unpaired) electrons. The highest BCUT2D eigenvalue weighted by molar-refractivity contribution is 4.83. The van der Waals surface area contributed by atoms with E-state index < -0.39 is 0 Å². The van der Waals surface area contributed by atoms with E-state index >= 15 is 0 Å². The molecule has 0 aromatic carbocycles. The maximum absolute atomic E-state index is 10.2. The maximum atomic E-state index is 10.2. The third-order valence-electron chi connectivity index (χ3n) is 3.26. The lowest BCUT2D eigenvalue weighted by atomic mass is 10.0. The molecule has 0 fully saturated rings. The van der Waals surface area contributed by atoms with Gasteiger partial charge in [-0.3, -0.25) is 5.43 Å². The second-order valence-corrected chi connectivity index (χ2v) is 4.66. The van der Waals surface area contributed by atoms with Crippen LogP contribution in [0.2, 0.25) is 0 Å². The fourth-order valence-electron chi connectivity index (χ4n) is 2.24. The molecule has 0 saturated carbocycles. The molecule has 3 nitrogen and oxygen atoms in total. The van der Waals surface area contributed by atoms with Crippen LogP contribution in [0.3, 0.4) is 0 Å². The van der Waals surface area contributed by atoms with Crippen LogP contribution >= 0.6 is 0 Å². The molecule has 16 heavy (non-hydrogen) atoms. The number of hydrogen-bond donors (Lipinski definition) is 1. The summed E-state index contributed by atoms with van der Waals surface area (Å²) in [4.78, 5) is 10.2. The van der Waals surface area contributed by atoms with Gasteiger partial charge in [0.1, 0.15) is 0 Å². The van der Waals surface area contributed by atoms with E-state index in [1.54, 1.807) is 0 Å². The predicted octanol–water partition coefficient (Wildman–Crippen LogP) is 4.10. The zero-order chi connectivity index (χ0) is 11.5. The average molecular weight is 224 g/mol. The molecule has 1 atom stereocenters. The van der Waals surface area contributed by atoms with E-state index in [1.165, 1.54) is 44.9 Å². The van der Waals surface area contributed by atoms with Gasteiger partial charge in [-0.1, -0.05) is 44.3 Å². The molecule has 0 bridgehead atoms. The first-order chi connectivity index (χ1) is 7.93. The molecule has 0 saturated heterocycles. The molecular weight excluding hydrogens is 200 g/mol. The molecule has 0 heterocycles. The molecule has 0 aromatic heterocycles. The molecule has 0 aliphatic heterocycles. The van der Waals surface area contributed by atoms with Gasteiger partial charge in [0.25, 0.3) is 0 Å². The molecule has 3 heteroatoms. The molecule has 0 amide bonds. The second-order valence-electron chi connectivity index (χ2n) is 4.66. The topological polar surface area (TPSA) is 41.5 Å². The van der Waals surface area contributed by atoms with E-state index in [9.17, 15) is 4.91 Å². The van der Waals surface area contributed by atoms with Crippen molar-refractivity contribution in [2.45, 2.75) is 70.3 Å². The largest absolute Gasteiger partial charge is 0.271 e.